The highest BCUT2D eigenvalue weighted by molar-refractivity contribution is 5.14. The number of alkyl halides is 3. The molecule has 3 nitrogen and oxygen atoms in total. The molecule has 0 fully saturated rings. The van der Waals surface area contributed by atoms with Gasteiger partial charge in [0, 0.05) is 7.11 Å². The zero-order valence-corrected chi connectivity index (χ0v) is 9.72. The van der Waals surface area contributed by atoms with Crippen LogP contribution in [0.3, 0.4) is 0 Å². The van der Waals surface area contributed by atoms with Crippen LogP contribution in [-0.4, -0.2) is 16.9 Å². The van der Waals surface area contributed by atoms with Crippen molar-refractivity contribution in [3.8, 4) is 0 Å². The van der Waals surface area contributed by atoms with Gasteiger partial charge in [-0.1, -0.05) is 0 Å². The van der Waals surface area contributed by atoms with Crippen molar-refractivity contribution in [3.63, 3.8) is 0 Å². The Labute approximate surface area is 92.2 Å². The van der Waals surface area contributed by atoms with Gasteiger partial charge in [-0.2, -0.15) is 18.3 Å². The summed E-state index contributed by atoms with van der Waals surface area (Å²) in [6.45, 7) is 5.48. The van der Waals surface area contributed by atoms with E-state index >= 15 is 0 Å². The van der Waals surface area contributed by atoms with Crippen LogP contribution in [0.1, 0.15) is 32.2 Å². The number of nitrogens with zero attached hydrogens (tertiary/aromatic N) is 2. The van der Waals surface area contributed by atoms with E-state index in [-0.39, 0.29) is 6.61 Å². The van der Waals surface area contributed by atoms with Crippen LogP contribution in [0.15, 0.2) is 6.07 Å². The van der Waals surface area contributed by atoms with Crippen LogP contribution in [0, 0.1) is 0 Å². The number of methoxy groups -OCH3 is 1. The molecule has 1 heterocycles. The number of hydrogen-bond donors (Lipinski definition) is 0. The first-order chi connectivity index (χ1) is 7.16. The van der Waals surface area contributed by atoms with Gasteiger partial charge in [0.15, 0.2) is 5.69 Å². The molecule has 0 aliphatic carbocycles. The Morgan fingerprint density at radius 2 is 1.88 bits per heavy atom. The largest absolute Gasteiger partial charge is 0.435 e. The zero-order chi connectivity index (χ0) is 12.6. The summed E-state index contributed by atoms with van der Waals surface area (Å²) in [4.78, 5) is 0. The van der Waals surface area contributed by atoms with Crippen molar-refractivity contribution >= 4 is 0 Å². The van der Waals surface area contributed by atoms with Gasteiger partial charge in [-0.05, 0) is 26.8 Å². The van der Waals surface area contributed by atoms with Crippen LogP contribution in [-0.2, 0) is 23.1 Å². The number of ether oxygens (including phenoxy) is 1. The Morgan fingerprint density at radius 1 is 1.31 bits per heavy atom. The average molecular weight is 236 g/mol. The molecule has 6 heteroatoms. The fraction of sp³-hybridized carbons (Fsp3) is 0.700. The Morgan fingerprint density at radius 3 is 2.25 bits per heavy atom. The minimum atomic E-state index is -4.42. The maximum Gasteiger partial charge on any atom is 0.435 e. The van der Waals surface area contributed by atoms with Gasteiger partial charge in [0.25, 0.3) is 0 Å². The molecule has 1 aromatic rings. The summed E-state index contributed by atoms with van der Waals surface area (Å²) in [7, 11) is 1.44. The van der Waals surface area contributed by atoms with Gasteiger partial charge >= 0.3 is 6.18 Å². The number of rotatable bonds is 2. The van der Waals surface area contributed by atoms with E-state index in [0.29, 0.717) is 5.69 Å². The number of hydrogen-bond acceptors (Lipinski definition) is 2. The molecule has 0 bridgehead atoms. The van der Waals surface area contributed by atoms with Gasteiger partial charge in [0.1, 0.15) is 0 Å². The lowest BCUT2D eigenvalue weighted by Gasteiger charge is -2.22. The van der Waals surface area contributed by atoms with Crippen LogP contribution in [0.5, 0.6) is 0 Å². The van der Waals surface area contributed by atoms with Crippen molar-refractivity contribution in [1.29, 1.82) is 0 Å². The van der Waals surface area contributed by atoms with Crippen molar-refractivity contribution in [1.82, 2.24) is 9.78 Å². The molecular formula is C10H15F3N2O. The molecule has 0 aromatic carbocycles. The molecule has 0 unspecified atom stereocenters. The van der Waals surface area contributed by atoms with Crippen LogP contribution in [0.25, 0.3) is 0 Å². The topological polar surface area (TPSA) is 27.1 Å². The Bertz CT molecular complexity index is 363. The van der Waals surface area contributed by atoms with Crippen molar-refractivity contribution in [2.24, 2.45) is 0 Å². The lowest BCUT2D eigenvalue weighted by Crippen LogP contribution is -2.26. The average Bonchev–Trinajstić information content (AvgIpc) is 2.46. The highest BCUT2D eigenvalue weighted by Crippen LogP contribution is 2.30. The summed E-state index contributed by atoms with van der Waals surface area (Å²) in [6.07, 6.45) is -4.42. The Balaban J connectivity index is 3.21. The van der Waals surface area contributed by atoms with Gasteiger partial charge in [0.05, 0.1) is 17.8 Å². The normalized spacial score (nSPS) is 13.2. The Kier molecular flexibility index (Phi) is 3.33. The molecule has 0 amide bonds. The summed E-state index contributed by atoms with van der Waals surface area (Å²) in [5.74, 6) is 0. The van der Waals surface area contributed by atoms with Gasteiger partial charge in [-0.15, -0.1) is 0 Å². The van der Waals surface area contributed by atoms with Gasteiger partial charge in [-0.25, -0.2) is 0 Å². The van der Waals surface area contributed by atoms with E-state index in [9.17, 15) is 13.2 Å². The molecular weight excluding hydrogens is 221 g/mol. The van der Waals surface area contributed by atoms with E-state index < -0.39 is 17.4 Å². The minimum absolute atomic E-state index is 0.111. The second-order valence-corrected chi connectivity index (χ2v) is 4.53. The second-order valence-electron chi connectivity index (χ2n) is 4.53. The second kappa shape index (κ2) is 4.08. The molecule has 0 saturated heterocycles. The van der Waals surface area contributed by atoms with Crippen molar-refractivity contribution in [2.45, 2.75) is 39.1 Å². The lowest BCUT2D eigenvalue weighted by atomic mass is 10.1. The SMILES string of the molecule is COCc1cc(C(F)(F)F)nn1C(C)(C)C. The summed E-state index contributed by atoms with van der Waals surface area (Å²) in [6, 6.07) is 1.02. The van der Waals surface area contributed by atoms with Crippen molar-refractivity contribution in [3.05, 3.63) is 17.5 Å². The molecule has 0 aliphatic heterocycles. The predicted molar refractivity (Wildman–Crippen MR) is 52.9 cm³/mol. The van der Waals surface area contributed by atoms with Crippen LogP contribution in [0.4, 0.5) is 13.2 Å². The molecule has 0 spiro atoms. The van der Waals surface area contributed by atoms with Gasteiger partial charge in [-0.3, -0.25) is 4.68 Å². The molecule has 0 radical (unpaired) electrons. The molecule has 16 heavy (non-hydrogen) atoms. The maximum absolute atomic E-state index is 12.5. The zero-order valence-electron chi connectivity index (χ0n) is 9.72. The van der Waals surface area contributed by atoms with E-state index in [1.807, 2.05) is 0 Å². The molecule has 0 saturated carbocycles. The summed E-state index contributed by atoms with van der Waals surface area (Å²) in [5.41, 5.74) is -0.964. The maximum atomic E-state index is 12.5. The highest BCUT2D eigenvalue weighted by Gasteiger charge is 2.36. The third-order valence-corrected chi connectivity index (χ3v) is 2.00. The van der Waals surface area contributed by atoms with E-state index in [1.54, 1.807) is 20.8 Å². The summed E-state index contributed by atoms with van der Waals surface area (Å²) >= 11 is 0. The molecule has 1 aromatic heterocycles. The van der Waals surface area contributed by atoms with Crippen molar-refractivity contribution in [2.75, 3.05) is 7.11 Å². The molecule has 0 atom stereocenters. The van der Waals surface area contributed by atoms with Gasteiger partial charge in [0.2, 0.25) is 0 Å². The molecule has 0 N–H and O–H groups in total. The first-order valence-electron chi connectivity index (χ1n) is 4.82. The fourth-order valence-corrected chi connectivity index (χ4v) is 1.39. The number of halogens is 3. The number of aromatic nitrogens is 2. The van der Waals surface area contributed by atoms with E-state index in [0.717, 1.165) is 6.07 Å². The van der Waals surface area contributed by atoms with Crippen LogP contribution < -0.4 is 0 Å². The molecule has 0 aliphatic rings. The fourth-order valence-electron chi connectivity index (χ4n) is 1.39. The van der Waals surface area contributed by atoms with Gasteiger partial charge < -0.3 is 4.74 Å². The first-order valence-corrected chi connectivity index (χ1v) is 4.82. The predicted octanol–water partition coefficient (Wildman–Crippen LogP) is 2.80. The first kappa shape index (κ1) is 13.0. The smallest absolute Gasteiger partial charge is 0.378 e. The van der Waals surface area contributed by atoms with E-state index in [4.69, 9.17) is 4.74 Å². The Hall–Kier alpha value is -1.04. The summed E-state index contributed by atoms with van der Waals surface area (Å²) in [5, 5.41) is 3.58. The lowest BCUT2D eigenvalue weighted by molar-refractivity contribution is -0.141. The standard InChI is InChI=1S/C10H15F3N2O/c1-9(2,3)15-7(6-16-4)5-8(14-15)10(11,12)13/h5H,6H2,1-4H3. The monoisotopic (exact) mass is 236 g/mol. The minimum Gasteiger partial charge on any atom is -0.378 e. The van der Waals surface area contributed by atoms with E-state index in [1.165, 1.54) is 11.8 Å². The van der Waals surface area contributed by atoms with Crippen molar-refractivity contribution < 1.29 is 17.9 Å². The molecule has 92 valence electrons. The molecule has 1 rings (SSSR count). The van der Waals surface area contributed by atoms with E-state index in [2.05, 4.69) is 5.10 Å². The third-order valence-electron chi connectivity index (χ3n) is 2.00. The van der Waals surface area contributed by atoms with Crippen LogP contribution in [0.2, 0.25) is 0 Å². The van der Waals surface area contributed by atoms with Crippen LogP contribution >= 0.6 is 0 Å². The third kappa shape index (κ3) is 2.75. The summed E-state index contributed by atoms with van der Waals surface area (Å²) < 4.78 is 43.7. The quantitative estimate of drug-likeness (QED) is 0.789. The highest BCUT2D eigenvalue weighted by atomic mass is 19.4.